The molecule has 1 amide bonds. The van der Waals surface area contributed by atoms with E-state index in [4.69, 9.17) is 9.72 Å². The highest BCUT2D eigenvalue weighted by atomic mass is 32.2. The lowest BCUT2D eigenvalue weighted by molar-refractivity contribution is -0.384. The van der Waals surface area contributed by atoms with Crippen LogP contribution in [0.15, 0.2) is 84.1 Å². The van der Waals surface area contributed by atoms with Gasteiger partial charge in [0.05, 0.1) is 27.9 Å². The third kappa shape index (κ3) is 7.66. The van der Waals surface area contributed by atoms with E-state index in [-0.39, 0.29) is 17.3 Å². The molecule has 11 rings (SSSR count). The maximum atomic E-state index is 14.2. The van der Waals surface area contributed by atoms with Crippen molar-refractivity contribution in [2.75, 3.05) is 49.6 Å². The van der Waals surface area contributed by atoms with E-state index in [1.165, 1.54) is 45.1 Å². The fourth-order valence-electron chi connectivity index (χ4n) is 11.0. The summed E-state index contributed by atoms with van der Waals surface area (Å²) in [7, 11) is -4.60. The molecule has 16 nitrogen and oxygen atoms in total. The molecule has 64 heavy (non-hydrogen) atoms. The molecule has 5 aliphatic rings. The van der Waals surface area contributed by atoms with E-state index in [1.54, 1.807) is 34.3 Å². The molecule has 4 aromatic heterocycles. The summed E-state index contributed by atoms with van der Waals surface area (Å²) >= 11 is 0. The Morgan fingerprint density at radius 2 is 1.75 bits per heavy atom. The summed E-state index contributed by atoms with van der Waals surface area (Å²) < 4.78 is 36.9. The van der Waals surface area contributed by atoms with Gasteiger partial charge < -0.3 is 15.0 Å². The van der Waals surface area contributed by atoms with Gasteiger partial charge in [-0.15, -0.1) is 0 Å². The third-order valence-corrected chi connectivity index (χ3v) is 16.0. The van der Waals surface area contributed by atoms with Gasteiger partial charge in [0.2, 0.25) is 5.82 Å². The monoisotopic (exact) mass is 884 g/mol. The van der Waals surface area contributed by atoms with Gasteiger partial charge in [-0.2, -0.15) is 0 Å². The van der Waals surface area contributed by atoms with Crippen LogP contribution in [0.25, 0.3) is 27.8 Å². The average molecular weight is 885 g/mol. The number of H-pyrrole nitrogens is 1. The lowest BCUT2D eigenvalue weighted by Gasteiger charge is -2.56. The first-order chi connectivity index (χ1) is 31.1. The predicted octanol–water partition coefficient (Wildman–Crippen LogP) is 7.63. The molecule has 0 unspecified atom stereocenters. The predicted molar refractivity (Wildman–Crippen MR) is 242 cm³/mol. The second-order valence-corrected chi connectivity index (χ2v) is 20.3. The summed E-state index contributed by atoms with van der Waals surface area (Å²) in [5.74, 6) is 0.0493. The molecule has 6 aromatic rings. The Kier molecular flexibility index (Phi) is 10.4. The first-order valence-corrected chi connectivity index (χ1v) is 24.2. The van der Waals surface area contributed by atoms with Crippen molar-refractivity contribution < 1.29 is 22.9 Å². The first-order valence-electron chi connectivity index (χ1n) is 22.7. The van der Waals surface area contributed by atoms with Gasteiger partial charge in [-0.1, -0.05) is 24.3 Å². The maximum Gasteiger partial charge on any atom is 0.312 e. The molecule has 2 saturated carbocycles. The van der Waals surface area contributed by atoms with Gasteiger partial charge >= 0.3 is 5.69 Å². The maximum absolute atomic E-state index is 14.2. The highest BCUT2D eigenvalue weighted by molar-refractivity contribution is 7.90. The Bertz CT molecular complexity index is 2870. The highest BCUT2D eigenvalue weighted by Crippen LogP contribution is 2.55. The Morgan fingerprint density at radius 3 is 2.53 bits per heavy atom. The number of amides is 1. The number of fused-ring (bicyclic) bond motifs is 2. The van der Waals surface area contributed by atoms with Crippen LogP contribution in [0.5, 0.6) is 0 Å². The normalized spacial score (nSPS) is 20.8. The Morgan fingerprint density at radius 1 is 0.953 bits per heavy atom. The van der Waals surface area contributed by atoms with Crippen molar-refractivity contribution in [3.05, 3.63) is 106 Å². The molecular formula is C47H52N10O6S. The summed E-state index contributed by atoms with van der Waals surface area (Å²) in [4.78, 5) is 43.5. The summed E-state index contributed by atoms with van der Waals surface area (Å²) in [6.07, 6.45) is 15.8. The van der Waals surface area contributed by atoms with Crippen molar-refractivity contribution in [1.82, 2.24) is 34.4 Å². The molecule has 0 bridgehead atoms. The Labute approximate surface area is 371 Å². The second kappa shape index (κ2) is 16.3. The van der Waals surface area contributed by atoms with Crippen molar-refractivity contribution in [2.45, 2.75) is 87.1 Å². The van der Waals surface area contributed by atoms with Crippen molar-refractivity contribution in [2.24, 2.45) is 11.3 Å². The van der Waals surface area contributed by atoms with E-state index in [1.807, 2.05) is 24.3 Å². The number of aromatic amines is 1. The van der Waals surface area contributed by atoms with Crippen LogP contribution >= 0.6 is 0 Å². The molecule has 1 spiro atoms. The van der Waals surface area contributed by atoms with Gasteiger partial charge in [0.15, 0.2) is 5.65 Å². The number of carbonyl (C=O) groups is 1. The lowest BCUT2D eigenvalue weighted by Crippen LogP contribution is -2.55. The van der Waals surface area contributed by atoms with Gasteiger partial charge in [-0.05, 0) is 129 Å². The molecule has 0 radical (unpaired) electrons. The number of hydrogen-bond acceptors (Lipinski definition) is 12. The van der Waals surface area contributed by atoms with E-state index >= 15 is 0 Å². The molecule has 3 N–H and O–H groups in total. The molecule has 3 saturated heterocycles. The number of hydrogen-bond donors (Lipinski definition) is 3. The van der Waals surface area contributed by atoms with Crippen LogP contribution < -0.4 is 14.9 Å². The molecule has 3 aliphatic heterocycles. The number of likely N-dealkylation sites (tertiary alicyclic amines) is 1. The Balaban J connectivity index is 0.831. The van der Waals surface area contributed by atoms with Crippen LogP contribution in [-0.4, -0.2) is 94.3 Å². The largest absolute Gasteiger partial charge is 0.381 e. The van der Waals surface area contributed by atoms with E-state index in [2.05, 4.69) is 59.2 Å². The van der Waals surface area contributed by atoms with Crippen molar-refractivity contribution in [3.63, 3.8) is 0 Å². The van der Waals surface area contributed by atoms with Crippen LogP contribution in [0.3, 0.4) is 0 Å². The minimum Gasteiger partial charge on any atom is -0.381 e. The highest BCUT2D eigenvalue weighted by Gasteiger charge is 2.50. The number of pyridine rings is 2. The van der Waals surface area contributed by atoms with Crippen LogP contribution in [-0.2, 0) is 14.8 Å². The SMILES string of the molecule is O=C(NS(=O)(=O)c1cnc(NCC2CCOCC2)c([N+](=O)[O-])c1)c1ccc(N2CCC3(CC2)CC(N2CCC[C@H]2c2ccccc2C2CC2)C3)cc1-n1[nH]cc2nc3nccc3cc21. The topological polar surface area (TPSA) is 194 Å². The van der Waals surface area contributed by atoms with E-state index in [9.17, 15) is 23.3 Å². The van der Waals surface area contributed by atoms with E-state index in [0.717, 1.165) is 68.0 Å². The zero-order chi connectivity index (χ0) is 43.6. The number of ether oxygens (including phenoxy) is 1. The van der Waals surface area contributed by atoms with Crippen LogP contribution in [0.4, 0.5) is 17.2 Å². The quantitative estimate of drug-likeness (QED) is 0.0805. The van der Waals surface area contributed by atoms with Gasteiger partial charge in [-0.25, -0.2) is 28.1 Å². The molecule has 2 aliphatic carbocycles. The summed E-state index contributed by atoms with van der Waals surface area (Å²) in [6.45, 7) is 4.56. The van der Waals surface area contributed by atoms with Crippen molar-refractivity contribution in [1.29, 1.82) is 0 Å². The molecule has 332 valence electrons. The minimum absolute atomic E-state index is 0.0382. The zero-order valence-corrected chi connectivity index (χ0v) is 36.4. The second-order valence-electron chi connectivity index (χ2n) is 18.6. The third-order valence-electron chi connectivity index (χ3n) is 14.7. The standard InChI is InChI=1S/C47H52N10O6S/c58-46(53-64(61,62)35-24-43(57(59)60)45(50-28-35)49-27-30-12-20-63-21-13-30)38-10-9-33(23-41(38)56-42-22-32-11-16-48-44(32)52-39(42)29-51-56)54-18-14-47(15-19-54)25-34(26-47)55-17-3-6-40(55)37-5-2-1-4-36(37)31-7-8-31/h1-2,4-5,9-11,16,22-24,28-31,34,40,51H,3,6-8,12-15,17-21,25-27H2,(H,49,50)(H,53,58)/t40-/m0/s1. The molecule has 2 aromatic carbocycles. The van der Waals surface area contributed by atoms with E-state index in [0.29, 0.717) is 59.6 Å². The number of piperidine rings is 1. The van der Waals surface area contributed by atoms with Crippen molar-refractivity contribution in [3.8, 4) is 5.69 Å². The summed E-state index contributed by atoms with van der Waals surface area (Å²) in [6, 6.07) is 20.5. The van der Waals surface area contributed by atoms with Crippen LogP contribution in [0.1, 0.15) is 97.7 Å². The van der Waals surface area contributed by atoms with Crippen molar-refractivity contribution >= 4 is 55.2 Å². The zero-order valence-electron chi connectivity index (χ0n) is 35.6. The van der Waals surface area contributed by atoms with Crippen LogP contribution in [0.2, 0.25) is 0 Å². The number of sulfonamides is 1. The molecule has 7 heterocycles. The van der Waals surface area contributed by atoms with Gasteiger partial charge in [0, 0.05) is 74.5 Å². The first kappa shape index (κ1) is 40.8. The smallest absolute Gasteiger partial charge is 0.312 e. The number of anilines is 2. The van der Waals surface area contributed by atoms with Gasteiger partial charge in [0.1, 0.15) is 10.4 Å². The molecule has 1 atom stereocenters. The van der Waals surface area contributed by atoms with Gasteiger partial charge in [-0.3, -0.25) is 29.6 Å². The average Bonchev–Trinajstić information content (AvgIpc) is 3.63. The number of nitrogens with zero attached hydrogens (tertiary/aromatic N) is 7. The van der Waals surface area contributed by atoms with Crippen LogP contribution in [0, 0.1) is 21.4 Å². The summed E-state index contributed by atoms with van der Waals surface area (Å²) in [5.41, 5.74) is 6.26. The Hall–Kier alpha value is -5.91. The number of carbonyl (C=O) groups excluding carboxylic acids is 1. The fourth-order valence-corrected chi connectivity index (χ4v) is 11.9. The fraction of sp³-hybridized carbons (Fsp3) is 0.447. The number of nitrogens with one attached hydrogen (secondary N) is 3. The lowest BCUT2D eigenvalue weighted by atomic mass is 9.59. The minimum atomic E-state index is -4.60. The molecule has 5 fully saturated rings. The number of benzene rings is 2. The van der Waals surface area contributed by atoms with Gasteiger partial charge in [0.25, 0.3) is 15.9 Å². The summed E-state index contributed by atoms with van der Waals surface area (Å²) in [5, 5.41) is 19.2. The molecule has 17 heteroatoms. The number of nitro groups is 1. The number of rotatable bonds is 12. The van der Waals surface area contributed by atoms with E-state index < -0.39 is 31.4 Å². The molecular weight excluding hydrogens is 833 g/mol. The number of aromatic nitrogens is 5.